The first-order valence-corrected chi connectivity index (χ1v) is 7.80. The lowest BCUT2D eigenvalue weighted by Crippen LogP contribution is -2.31. The van der Waals surface area contributed by atoms with Gasteiger partial charge in [-0.1, -0.05) is 24.3 Å². The van der Waals surface area contributed by atoms with Gasteiger partial charge in [-0.2, -0.15) is 13.2 Å². The van der Waals surface area contributed by atoms with Crippen molar-refractivity contribution in [3.63, 3.8) is 0 Å². The first-order chi connectivity index (χ1) is 11.8. The number of nitrogens with zero attached hydrogens (tertiary/aromatic N) is 2. The molecule has 2 rings (SSSR count). The molecule has 1 heterocycles. The van der Waals surface area contributed by atoms with Gasteiger partial charge in [0, 0.05) is 19.3 Å². The van der Waals surface area contributed by atoms with Gasteiger partial charge >= 0.3 is 6.18 Å². The van der Waals surface area contributed by atoms with E-state index in [2.05, 4.69) is 4.98 Å². The van der Waals surface area contributed by atoms with Crippen LogP contribution in [-0.2, 0) is 6.54 Å². The van der Waals surface area contributed by atoms with Crippen molar-refractivity contribution in [2.45, 2.75) is 26.6 Å². The lowest BCUT2D eigenvalue weighted by Gasteiger charge is -2.23. The fourth-order valence-corrected chi connectivity index (χ4v) is 2.31. The van der Waals surface area contributed by atoms with Crippen molar-refractivity contribution in [3.8, 4) is 5.88 Å². The van der Waals surface area contributed by atoms with Crippen molar-refractivity contribution in [1.82, 2.24) is 9.88 Å². The Hall–Kier alpha value is -2.57. The fraction of sp³-hybridized carbons (Fsp3) is 0.333. The van der Waals surface area contributed by atoms with Crippen LogP contribution in [0.2, 0.25) is 0 Å². The van der Waals surface area contributed by atoms with Gasteiger partial charge in [0.1, 0.15) is 5.56 Å². The van der Waals surface area contributed by atoms with Crippen molar-refractivity contribution in [3.05, 3.63) is 59.3 Å². The van der Waals surface area contributed by atoms with Crippen molar-refractivity contribution < 1.29 is 22.7 Å². The van der Waals surface area contributed by atoms with E-state index in [-0.39, 0.29) is 11.4 Å². The van der Waals surface area contributed by atoms with Gasteiger partial charge < -0.3 is 9.64 Å². The summed E-state index contributed by atoms with van der Waals surface area (Å²) in [6.07, 6.45) is -3.20. The molecule has 2 aromatic rings. The maximum absolute atomic E-state index is 12.8. The highest BCUT2D eigenvalue weighted by Gasteiger charge is 2.30. The molecule has 0 aliphatic rings. The Balaban J connectivity index is 2.21. The summed E-state index contributed by atoms with van der Waals surface area (Å²) in [6.45, 7) is 3.02. The van der Waals surface area contributed by atoms with E-state index in [4.69, 9.17) is 4.74 Å². The number of halogens is 3. The lowest BCUT2D eigenvalue weighted by atomic mass is 10.1. The first-order valence-electron chi connectivity index (χ1n) is 7.80. The summed E-state index contributed by atoms with van der Waals surface area (Å²) in [5.74, 6) is -0.732. The molecular formula is C18H19F3N2O2. The second kappa shape index (κ2) is 8.00. The van der Waals surface area contributed by atoms with Crippen LogP contribution in [0.3, 0.4) is 0 Å². The Kier molecular flexibility index (Phi) is 6.01. The largest absolute Gasteiger partial charge is 0.467 e. The van der Waals surface area contributed by atoms with E-state index in [0.717, 1.165) is 11.1 Å². The van der Waals surface area contributed by atoms with Crippen LogP contribution in [0.15, 0.2) is 42.6 Å². The SMILES string of the molecule is CCN(Cc1ccccc1C)C(=O)c1cccnc1OCC(F)(F)F. The minimum absolute atomic E-state index is 0.0159. The van der Waals surface area contributed by atoms with Gasteiger partial charge in [0.2, 0.25) is 5.88 Å². The van der Waals surface area contributed by atoms with Crippen LogP contribution >= 0.6 is 0 Å². The maximum Gasteiger partial charge on any atom is 0.422 e. The molecule has 0 atom stereocenters. The van der Waals surface area contributed by atoms with E-state index >= 15 is 0 Å². The van der Waals surface area contributed by atoms with Gasteiger partial charge in [0.25, 0.3) is 5.91 Å². The van der Waals surface area contributed by atoms with Crippen LogP contribution in [-0.4, -0.2) is 35.1 Å². The van der Waals surface area contributed by atoms with Gasteiger partial charge in [0.15, 0.2) is 6.61 Å². The van der Waals surface area contributed by atoms with E-state index in [0.29, 0.717) is 13.1 Å². The molecule has 0 aliphatic heterocycles. The molecule has 0 bridgehead atoms. The topological polar surface area (TPSA) is 42.4 Å². The normalized spacial score (nSPS) is 11.2. The summed E-state index contributed by atoms with van der Waals surface area (Å²) in [5, 5.41) is 0. The van der Waals surface area contributed by atoms with E-state index < -0.39 is 18.7 Å². The van der Waals surface area contributed by atoms with Crippen LogP contribution < -0.4 is 4.74 Å². The summed E-state index contributed by atoms with van der Waals surface area (Å²) in [4.78, 5) is 18.1. The van der Waals surface area contributed by atoms with E-state index in [1.54, 1.807) is 4.90 Å². The predicted octanol–water partition coefficient (Wildman–Crippen LogP) is 3.99. The fourth-order valence-electron chi connectivity index (χ4n) is 2.31. The summed E-state index contributed by atoms with van der Waals surface area (Å²) in [7, 11) is 0. The Morgan fingerprint density at radius 2 is 1.92 bits per heavy atom. The van der Waals surface area contributed by atoms with Gasteiger partial charge in [-0.25, -0.2) is 4.98 Å². The van der Waals surface area contributed by atoms with Crippen LogP contribution in [0.25, 0.3) is 0 Å². The maximum atomic E-state index is 12.8. The third-order valence-corrected chi connectivity index (χ3v) is 3.67. The molecule has 7 heteroatoms. The van der Waals surface area contributed by atoms with Crippen molar-refractivity contribution in [1.29, 1.82) is 0 Å². The number of carbonyl (C=O) groups excluding carboxylic acids is 1. The highest BCUT2D eigenvalue weighted by atomic mass is 19.4. The second-order valence-electron chi connectivity index (χ2n) is 5.51. The van der Waals surface area contributed by atoms with Crippen LogP contribution in [0, 0.1) is 6.92 Å². The lowest BCUT2D eigenvalue weighted by molar-refractivity contribution is -0.154. The quantitative estimate of drug-likeness (QED) is 0.789. The number of ether oxygens (including phenoxy) is 1. The van der Waals surface area contributed by atoms with E-state index in [9.17, 15) is 18.0 Å². The van der Waals surface area contributed by atoms with E-state index in [1.807, 2.05) is 38.1 Å². The summed E-state index contributed by atoms with van der Waals surface area (Å²) in [6, 6.07) is 10.5. The minimum Gasteiger partial charge on any atom is -0.467 e. The molecule has 25 heavy (non-hydrogen) atoms. The number of hydrogen-bond donors (Lipinski definition) is 0. The van der Waals surface area contributed by atoms with Gasteiger partial charge in [-0.3, -0.25) is 4.79 Å². The summed E-state index contributed by atoms with van der Waals surface area (Å²) < 4.78 is 41.9. The monoisotopic (exact) mass is 352 g/mol. The Labute approximate surface area is 144 Å². The van der Waals surface area contributed by atoms with Gasteiger partial charge in [-0.15, -0.1) is 0 Å². The average Bonchev–Trinajstić information content (AvgIpc) is 2.58. The molecule has 0 fully saturated rings. The standard InChI is InChI=1S/C18H19F3N2O2/c1-3-23(11-14-8-5-4-7-13(14)2)17(24)15-9-6-10-22-16(15)25-12-18(19,20)21/h4-10H,3,11-12H2,1-2H3. The molecule has 0 aliphatic carbocycles. The molecule has 1 amide bonds. The minimum atomic E-state index is -4.50. The molecule has 0 spiro atoms. The average molecular weight is 352 g/mol. The molecule has 0 radical (unpaired) electrons. The molecule has 0 N–H and O–H groups in total. The number of carbonyl (C=O) groups is 1. The highest BCUT2D eigenvalue weighted by Crippen LogP contribution is 2.22. The number of alkyl halides is 3. The Bertz CT molecular complexity index is 732. The van der Waals surface area contributed by atoms with Crippen molar-refractivity contribution >= 4 is 5.91 Å². The molecule has 4 nitrogen and oxygen atoms in total. The molecule has 0 saturated carbocycles. The van der Waals surface area contributed by atoms with Crippen molar-refractivity contribution in [2.75, 3.05) is 13.2 Å². The van der Waals surface area contributed by atoms with E-state index in [1.165, 1.54) is 18.3 Å². The predicted molar refractivity (Wildman–Crippen MR) is 87.4 cm³/mol. The van der Waals surface area contributed by atoms with Crippen LogP contribution in [0.4, 0.5) is 13.2 Å². The molecule has 134 valence electrons. The zero-order valence-corrected chi connectivity index (χ0v) is 14.0. The van der Waals surface area contributed by atoms with Crippen LogP contribution in [0.5, 0.6) is 5.88 Å². The third-order valence-electron chi connectivity index (χ3n) is 3.67. The molecular weight excluding hydrogens is 333 g/mol. The zero-order valence-electron chi connectivity index (χ0n) is 14.0. The Morgan fingerprint density at radius 3 is 2.56 bits per heavy atom. The Morgan fingerprint density at radius 1 is 1.20 bits per heavy atom. The number of hydrogen-bond acceptors (Lipinski definition) is 3. The van der Waals surface area contributed by atoms with Crippen molar-refractivity contribution in [2.24, 2.45) is 0 Å². The molecule has 0 saturated heterocycles. The zero-order chi connectivity index (χ0) is 18.4. The molecule has 1 aromatic heterocycles. The number of benzene rings is 1. The number of pyridine rings is 1. The van der Waals surface area contributed by atoms with Crippen LogP contribution in [0.1, 0.15) is 28.4 Å². The number of rotatable bonds is 6. The number of aryl methyl sites for hydroxylation is 1. The highest BCUT2D eigenvalue weighted by molar-refractivity contribution is 5.96. The smallest absolute Gasteiger partial charge is 0.422 e. The third kappa shape index (κ3) is 5.20. The summed E-state index contributed by atoms with van der Waals surface area (Å²) in [5.41, 5.74) is 2.02. The number of aromatic nitrogens is 1. The summed E-state index contributed by atoms with van der Waals surface area (Å²) >= 11 is 0. The van der Waals surface area contributed by atoms with Gasteiger partial charge in [-0.05, 0) is 37.1 Å². The molecule has 1 aromatic carbocycles. The number of amides is 1. The second-order valence-corrected chi connectivity index (χ2v) is 5.51. The van der Waals surface area contributed by atoms with Gasteiger partial charge in [0.05, 0.1) is 0 Å². The molecule has 0 unspecified atom stereocenters. The first kappa shape index (κ1) is 18.8.